The Morgan fingerprint density at radius 1 is 1.22 bits per heavy atom. The fourth-order valence-electron chi connectivity index (χ4n) is 2.70. The summed E-state index contributed by atoms with van der Waals surface area (Å²) in [7, 11) is 1.53. The zero-order chi connectivity index (χ0) is 19.1. The average molecular weight is 370 g/mol. The molecule has 0 saturated carbocycles. The Morgan fingerprint density at radius 2 is 2.11 bits per heavy atom. The molecule has 0 aliphatic carbocycles. The van der Waals surface area contributed by atoms with Gasteiger partial charge in [0.15, 0.2) is 0 Å². The fraction of sp³-hybridized carbons (Fsp3) is 0.316. The van der Waals surface area contributed by atoms with Crippen LogP contribution in [0.5, 0.6) is 5.88 Å². The lowest BCUT2D eigenvalue weighted by Crippen LogP contribution is -2.28. The second kappa shape index (κ2) is 9.00. The SMILES string of the molecule is COc1ccc(NC(=O)NCc2cccc(NC(=O)C3CCCO3)c2)cn1. The minimum Gasteiger partial charge on any atom is -0.481 e. The summed E-state index contributed by atoms with van der Waals surface area (Å²) in [5.41, 5.74) is 2.10. The van der Waals surface area contributed by atoms with Crippen molar-refractivity contribution >= 4 is 23.3 Å². The molecule has 8 heteroatoms. The molecule has 1 aromatic carbocycles. The number of ether oxygens (including phenoxy) is 2. The summed E-state index contributed by atoms with van der Waals surface area (Å²) >= 11 is 0. The molecule has 2 heterocycles. The summed E-state index contributed by atoms with van der Waals surface area (Å²) in [6, 6.07) is 10.3. The molecule has 27 heavy (non-hydrogen) atoms. The molecule has 142 valence electrons. The van der Waals surface area contributed by atoms with Gasteiger partial charge in [-0.05, 0) is 36.6 Å². The summed E-state index contributed by atoms with van der Waals surface area (Å²) in [5, 5.41) is 8.31. The molecule has 1 fully saturated rings. The van der Waals surface area contributed by atoms with E-state index in [1.807, 2.05) is 18.2 Å². The largest absolute Gasteiger partial charge is 0.481 e. The third-order valence-electron chi connectivity index (χ3n) is 4.07. The van der Waals surface area contributed by atoms with Gasteiger partial charge >= 0.3 is 6.03 Å². The predicted molar refractivity (Wildman–Crippen MR) is 101 cm³/mol. The summed E-state index contributed by atoms with van der Waals surface area (Å²) in [6.45, 7) is 0.944. The van der Waals surface area contributed by atoms with Crippen LogP contribution in [0.2, 0.25) is 0 Å². The number of carbonyl (C=O) groups excluding carboxylic acids is 2. The number of pyridine rings is 1. The number of aromatic nitrogens is 1. The Hall–Kier alpha value is -3.13. The molecule has 1 aliphatic heterocycles. The van der Waals surface area contributed by atoms with Crippen LogP contribution in [0.3, 0.4) is 0 Å². The van der Waals surface area contributed by atoms with Gasteiger partial charge in [0.1, 0.15) is 6.10 Å². The molecule has 0 radical (unpaired) electrons. The van der Waals surface area contributed by atoms with Gasteiger partial charge < -0.3 is 25.4 Å². The molecule has 3 rings (SSSR count). The molecule has 0 spiro atoms. The van der Waals surface area contributed by atoms with Gasteiger partial charge in [0.25, 0.3) is 5.91 Å². The van der Waals surface area contributed by atoms with E-state index in [1.54, 1.807) is 18.2 Å². The van der Waals surface area contributed by atoms with Crippen LogP contribution in [0, 0.1) is 0 Å². The number of nitrogens with one attached hydrogen (secondary N) is 3. The number of rotatable bonds is 6. The van der Waals surface area contributed by atoms with Crippen molar-refractivity contribution in [3.05, 3.63) is 48.2 Å². The van der Waals surface area contributed by atoms with E-state index in [1.165, 1.54) is 13.3 Å². The normalized spacial score (nSPS) is 15.8. The van der Waals surface area contributed by atoms with Crippen molar-refractivity contribution in [3.8, 4) is 5.88 Å². The van der Waals surface area contributed by atoms with Crippen LogP contribution in [0.1, 0.15) is 18.4 Å². The number of benzene rings is 1. The van der Waals surface area contributed by atoms with Crippen molar-refractivity contribution in [1.82, 2.24) is 10.3 Å². The topological polar surface area (TPSA) is 102 Å². The standard InChI is InChI=1S/C19H22N4O4/c1-26-17-8-7-15(12-20-17)23-19(25)21-11-13-4-2-5-14(10-13)22-18(24)16-6-3-9-27-16/h2,4-5,7-8,10,12,16H,3,6,9,11H2,1H3,(H,22,24)(H2,21,23,25). The summed E-state index contributed by atoms with van der Waals surface area (Å²) < 4.78 is 10.4. The molecular formula is C19H22N4O4. The summed E-state index contributed by atoms with van der Waals surface area (Å²) in [6.07, 6.45) is 2.78. The highest BCUT2D eigenvalue weighted by atomic mass is 16.5. The maximum atomic E-state index is 12.1. The molecular weight excluding hydrogens is 348 g/mol. The number of carbonyl (C=O) groups is 2. The first-order valence-corrected chi connectivity index (χ1v) is 8.70. The fourth-order valence-corrected chi connectivity index (χ4v) is 2.70. The first kappa shape index (κ1) is 18.7. The van der Waals surface area contributed by atoms with Crippen LogP contribution in [0.15, 0.2) is 42.6 Å². The molecule has 8 nitrogen and oxygen atoms in total. The lowest BCUT2D eigenvalue weighted by molar-refractivity contribution is -0.124. The highest BCUT2D eigenvalue weighted by molar-refractivity contribution is 5.94. The number of methoxy groups -OCH3 is 1. The van der Waals surface area contributed by atoms with E-state index in [9.17, 15) is 9.59 Å². The number of anilines is 2. The summed E-state index contributed by atoms with van der Waals surface area (Å²) in [5.74, 6) is 0.338. The van der Waals surface area contributed by atoms with Crippen molar-refractivity contribution in [2.24, 2.45) is 0 Å². The monoisotopic (exact) mass is 370 g/mol. The lowest BCUT2D eigenvalue weighted by Gasteiger charge is -2.12. The van der Waals surface area contributed by atoms with E-state index in [4.69, 9.17) is 9.47 Å². The molecule has 0 bridgehead atoms. The Labute approximate surface area is 157 Å². The van der Waals surface area contributed by atoms with Crippen LogP contribution in [0.4, 0.5) is 16.2 Å². The van der Waals surface area contributed by atoms with Crippen molar-refractivity contribution in [1.29, 1.82) is 0 Å². The molecule has 1 aromatic heterocycles. The zero-order valence-corrected chi connectivity index (χ0v) is 15.0. The number of nitrogens with zero attached hydrogens (tertiary/aromatic N) is 1. The van der Waals surface area contributed by atoms with Gasteiger partial charge in [-0.15, -0.1) is 0 Å². The quantitative estimate of drug-likeness (QED) is 0.725. The predicted octanol–water partition coefficient (Wildman–Crippen LogP) is 2.53. The van der Waals surface area contributed by atoms with Gasteiger partial charge in [0.2, 0.25) is 5.88 Å². The smallest absolute Gasteiger partial charge is 0.319 e. The second-order valence-electron chi connectivity index (χ2n) is 6.09. The number of hydrogen-bond donors (Lipinski definition) is 3. The molecule has 1 saturated heterocycles. The Morgan fingerprint density at radius 3 is 2.81 bits per heavy atom. The summed E-state index contributed by atoms with van der Waals surface area (Å²) in [4.78, 5) is 28.1. The van der Waals surface area contributed by atoms with E-state index < -0.39 is 0 Å². The van der Waals surface area contributed by atoms with E-state index in [2.05, 4.69) is 20.9 Å². The van der Waals surface area contributed by atoms with E-state index in [0.717, 1.165) is 18.4 Å². The third-order valence-corrected chi connectivity index (χ3v) is 4.07. The van der Waals surface area contributed by atoms with Crippen LogP contribution >= 0.6 is 0 Å². The number of hydrogen-bond acceptors (Lipinski definition) is 5. The molecule has 2 aromatic rings. The van der Waals surface area contributed by atoms with Gasteiger partial charge in [-0.2, -0.15) is 0 Å². The highest BCUT2D eigenvalue weighted by Gasteiger charge is 2.23. The second-order valence-corrected chi connectivity index (χ2v) is 6.09. The maximum absolute atomic E-state index is 12.1. The molecule has 3 N–H and O–H groups in total. The average Bonchev–Trinajstić information content (AvgIpc) is 3.22. The van der Waals surface area contributed by atoms with Crippen LogP contribution in [0.25, 0.3) is 0 Å². The van der Waals surface area contributed by atoms with Crippen molar-refractivity contribution < 1.29 is 19.1 Å². The Bertz CT molecular complexity index is 789. The van der Waals surface area contributed by atoms with Gasteiger partial charge in [-0.25, -0.2) is 9.78 Å². The van der Waals surface area contributed by atoms with E-state index in [0.29, 0.717) is 30.4 Å². The highest BCUT2D eigenvalue weighted by Crippen LogP contribution is 2.16. The first-order valence-electron chi connectivity index (χ1n) is 8.70. The van der Waals surface area contributed by atoms with E-state index >= 15 is 0 Å². The van der Waals surface area contributed by atoms with Crippen LogP contribution < -0.4 is 20.7 Å². The number of amides is 3. The van der Waals surface area contributed by atoms with Gasteiger partial charge in [-0.3, -0.25) is 4.79 Å². The number of urea groups is 1. The van der Waals surface area contributed by atoms with Crippen molar-refractivity contribution in [3.63, 3.8) is 0 Å². The van der Waals surface area contributed by atoms with Gasteiger partial charge in [-0.1, -0.05) is 12.1 Å². The van der Waals surface area contributed by atoms with Gasteiger partial charge in [0.05, 0.1) is 19.0 Å². The van der Waals surface area contributed by atoms with Crippen molar-refractivity contribution in [2.75, 3.05) is 24.4 Å². The van der Waals surface area contributed by atoms with Crippen molar-refractivity contribution in [2.45, 2.75) is 25.5 Å². The maximum Gasteiger partial charge on any atom is 0.319 e. The Kier molecular flexibility index (Phi) is 6.22. The minimum atomic E-state index is -0.379. The van der Waals surface area contributed by atoms with E-state index in [-0.39, 0.29) is 18.0 Å². The third kappa shape index (κ3) is 5.42. The first-order chi connectivity index (χ1) is 13.1. The molecule has 1 atom stereocenters. The van der Waals surface area contributed by atoms with Crippen LogP contribution in [-0.4, -0.2) is 36.7 Å². The Balaban J connectivity index is 1.49. The lowest BCUT2D eigenvalue weighted by atomic mass is 10.2. The van der Waals surface area contributed by atoms with Gasteiger partial charge in [0, 0.05) is 24.9 Å². The van der Waals surface area contributed by atoms with Crippen LogP contribution in [-0.2, 0) is 16.1 Å². The molecule has 3 amide bonds. The molecule has 1 unspecified atom stereocenters. The minimum absolute atomic E-state index is 0.137. The zero-order valence-electron chi connectivity index (χ0n) is 15.0. The molecule has 1 aliphatic rings.